The van der Waals surface area contributed by atoms with Gasteiger partial charge in [0.2, 0.25) is 0 Å². The van der Waals surface area contributed by atoms with Crippen molar-refractivity contribution < 1.29 is 23.1 Å². The number of halogens is 4. The van der Waals surface area contributed by atoms with Gasteiger partial charge in [-0.15, -0.1) is 0 Å². The van der Waals surface area contributed by atoms with E-state index in [1.165, 1.54) is 0 Å². The van der Waals surface area contributed by atoms with Crippen LogP contribution in [0.2, 0.25) is 10.0 Å². The lowest BCUT2D eigenvalue weighted by atomic mass is 9.99. The predicted octanol–water partition coefficient (Wildman–Crippen LogP) is 7.01. The van der Waals surface area contributed by atoms with E-state index < -0.39 is 29.1 Å². The SMILES string of the molecule is CC(C)C(Oc1ccc(NC(=O)NC(=O)c2c(F)cccc2F)cc1)c1ccc(Cl)c(Cl)c1. The Balaban J connectivity index is 1.65. The highest BCUT2D eigenvalue weighted by Crippen LogP contribution is 2.32. The zero-order chi connectivity index (χ0) is 24.1. The van der Waals surface area contributed by atoms with Crippen molar-refractivity contribution in [1.82, 2.24) is 5.32 Å². The zero-order valence-electron chi connectivity index (χ0n) is 17.7. The molecule has 0 heterocycles. The largest absolute Gasteiger partial charge is 0.485 e. The van der Waals surface area contributed by atoms with E-state index in [1.54, 1.807) is 36.4 Å². The Kier molecular flexibility index (Phi) is 7.89. The van der Waals surface area contributed by atoms with Gasteiger partial charge in [0.1, 0.15) is 29.1 Å². The number of amides is 3. The second-order valence-electron chi connectivity index (χ2n) is 7.49. The molecule has 3 amide bonds. The van der Waals surface area contributed by atoms with Gasteiger partial charge in [0.15, 0.2) is 0 Å². The average molecular weight is 493 g/mol. The van der Waals surface area contributed by atoms with E-state index in [0.717, 1.165) is 23.8 Å². The first-order valence-electron chi connectivity index (χ1n) is 9.93. The zero-order valence-corrected chi connectivity index (χ0v) is 19.2. The summed E-state index contributed by atoms with van der Waals surface area (Å²) >= 11 is 12.1. The van der Waals surface area contributed by atoms with Crippen LogP contribution >= 0.6 is 23.2 Å². The minimum atomic E-state index is -1.19. The van der Waals surface area contributed by atoms with Crippen molar-refractivity contribution in [3.8, 4) is 5.75 Å². The van der Waals surface area contributed by atoms with Crippen LogP contribution in [-0.4, -0.2) is 11.9 Å². The normalized spacial score (nSPS) is 11.7. The summed E-state index contributed by atoms with van der Waals surface area (Å²) in [4.78, 5) is 24.1. The quantitative estimate of drug-likeness (QED) is 0.388. The highest BCUT2D eigenvalue weighted by Gasteiger charge is 2.20. The summed E-state index contributed by atoms with van der Waals surface area (Å²) in [5.41, 5.74) is 0.371. The van der Waals surface area contributed by atoms with Gasteiger partial charge < -0.3 is 10.1 Å². The number of ether oxygens (including phenoxy) is 1. The van der Waals surface area contributed by atoms with Gasteiger partial charge in [-0.1, -0.05) is 49.2 Å². The highest BCUT2D eigenvalue weighted by atomic mass is 35.5. The number of nitrogens with one attached hydrogen (secondary N) is 2. The molecule has 3 aromatic rings. The Hall–Kier alpha value is -3.16. The summed E-state index contributed by atoms with van der Waals surface area (Å²) in [5, 5.41) is 5.20. The topological polar surface area (TPSA) is 67.4 Å². The molecule has 0 aromatic heterocycles. The number of rotatable bonds is 6. The fraction of sp³-hybridized carbons (Fsp3) is 0.167. The second kappa shape index (κ2) is 10.6. The molecule has 0 fully saturated rings. The van der Waals surface area contributed by atoms with Crippen LogP contribution in [0, 0.1) is 17.6 Å². The molecule has 1 atom stereocenters. The van der Waals surface area contributed by atoms with Crippen molar-refractivity contribution in [3.63, 3.8) is 0 Å². The molecule has 0 radical (unpaired) electrons. The van der Waals surface area contributed by atoms with Crippen molar-refractivity contribution in [2.24, 2.45) is 5.92 Å². The summed E-state index contributed by atoms with van der Waals surface area (Å²) in [7, 11) is 0. The Morgan fingerprint density at radius 2 is 1.55 bits per heavy atom. The Morgan fingerprint density at radius 3 is 2.12 bits per heavy atom. The molecule has 33 heavy (non-hydrogen) atoms. The fourth-order valence-corrected chi connectivity index (χ4v) is 3.39. The Morgan fingerprint density at radius 1 is 0.909 bits per heavy atom. The number of carbonyl (C=O) groups excluding carboxylic acids is 2. The van der Waals surface area contributed by atoms with E-state index in [9.17, 15) is 18.4 Å². The maximum atomic E-state index is 13.7. The van der Waals surface area contributed by atoms with Crippen LogP contribution in [0.4, 0.5) is 19.3 Å². The van der Waals surface area contributed by atoms with Gasteiger partial charge in [-0.25, -0.2) is 13.6 Å². The van der Waals surface area contributed by atoms with E-state index in [4.69, 9.17) is 27.9 Å². The molecule has 0 saturated carbocycles. The summed E-state index contributed by atoms with van der Waals surface area (Å²) in [6.45, 7) is 4.01. The van der Waals surface area contributed by atoms with Crippen molar-refractivity contribution in [1.29, 1.82) is 0 Å². The van der Waals surface area contributed by atoms with E-state index in [0.29, 0.717) is 21.5 Å². The molecule has 0 aliphatic carbocycles. The van der Waals surface area contributed by atoms with Gasteiger partial charge in [-0.3, -0.25) is 10.1 Å². The molecule has 3 rings (SSSR count). The number of hydrogen-bond acceptors (Lipinski definition) is 3. The molecule has 0 aliphatic heterocycles. The van der Waals surface area contributed by atoms with Gasteiger partial charge in [-0.2, -0.15) is 0 Å². The highest BCUT2D eigenvalue weighted by molar-refractivity contribution is 6.42. The Labute approximate surface area is 199 Å². The molecule has 0 bridgehead atoms. The smallest absolute Gasteiger partial charge is 0.326 e. The third-order valence-corrected chi connectivity index (χ3v) is 5.41. The lowest BCUT2D eigenvalue weighted by molar-refractivity contribution is 0.0959. The van der Waals surface area contributed by atoms with E-state index in [2.05, 4.69) is 5.32 Å². The maximum absolute atomic E-state index is 13.7. The minimum absolute atomic E-state index is 0.121. The van der Waals surface area contributed by atoms with Crippen molar-refractivity contribution in [3.05, 3.63) is 93.5 Å². The molecule has 0 saturated heterocycles. The van der Waals surface area contributed by atoms with Crippen LogP contribution in [0.1, 0.15) is 35.9 Å². The second-order valence-corrected chi connectivity index (χ2v) is 8.30. The number of anilines is 1. The van der Waals surface area contributed by atoms with Crippen LogP contribution in [0.15, 0.2) is 60.7 Å². The monoisotopic (exact) mass is 492 g/mol. The van der Waals surface area contributed by atoms with E-state index >= 15 is 0 Å². The lowest BCUT2D eigenvalue weighted by Gasteiger charge is -2.23. The maximum Gasteiger partial charge on any atom is 0.326 e. The number of hydrogen-bond donors (Lipinski definition) is 2. The van der Waals surface area contributed by atoms with Crippen molar-refractivity contribution in [2.45, 2.75) is 20.0 Å². The molecule has 1 unspecified atom stereocenters. The van der Waals surface area contributed by atoms with Crippen molar-refractivity contribution >= 4 is 40.8 Å². The van der Waals surface area contributed by atoms with Gasteiger partial charge in [0, 0.05) is 5.69 Å². The van der Waals surface area contributed by atoms with Crippen LogP contribution in [-0.2, 0) is 0 Å². The number of urea groups is 1. The lowest BCUT2D eigenvalue weighted by Crippen LogP contribution is -2.35. The molecule has 2 N–H and O–H groups in total. The van der Waals surface area contributed by atoms with Crippen molar-refractivity contribution in [2.75, 3.05) is 5.32 Å². The number of benzene rings is 3. The summed E-state index contributed by atoms with van der Waals surface area (Å²) in [6.07, 6.45) is -0.296. The minimum Gasteiger partial charge on any atom is -0.485 e. The molecule has 9 heteroatoms. The molecule has 5 nitrogen and oxygen atoms in total. The van der Waals surface area contributed by atoms with Gasteiger partial charge >= 0.3 is 6.03 Å². The van der Waals surface area contributed by atoms with Crippen LogP contribution < -0.4 is 15.4 Å². The van der Waals surface area contributed by atoms with Crippen LogP contribution in [0.3, 0.4) is 0 Å². The predicted molar refractivity (Wildman–Crippen MR) is 124 cm³/mol. The Bertz CT molecular complexity index is 1150. The third kappa shape index (κ3) is 6.21. The van der Waals surface area contributed by atoms with E-state index in [1.807, 2.05) is 25.2 Å². The first-order chi connectivity index (χ1) is 15.7. The summed E-state index contributed by atoms with van der Waals surface area (Å²) in [6, 6.07) is 13.8. The fourth-order valence-electron chi connectivity index (χ4n) is 3.08. The first kappa shape index (κ1) is 24.5. The summed E-state index contributed by atoms with van der Waals surface area (Å²) < 4.78 is 33.5. The van der Waals surface area contributed by atoms with Crippen LogP contribution in [0.5, 0.6) is 5.75 Å². The number of carbonyl (C=O) groups is 2. The molecule has 0 aliphatic rings. The van der Waals surface area contributed by atoms with Gasteiger partial charge in [0.25, 0.3) is 5.91 Å². The molecule has 172 valence electrons. The molecular weight excluding hydrogens is 473 g/mol. The van der Waals surface area contributed by atoms with E-state index in [-0.39, 0.29) is 12.0 Å². The third-order valence-electron chi connectivity index (χ3n) is 4.67. The first-order valence-corrected chi connectivity index (χ1v) is 10.7. The standard InChI is InChI=1S/C24H20Cl2F2N2O3/c1-13(2)22(14-6-11-17(25)18(26)12-14)33-16-9-7-15(8-10-16)29-24(32)30-23(31)21-19(27)4-3-5-20(21)28/h3-13,22H,1-2H3,(H2,29,30,31,32). The number of imide groups is 1. The molecule has 0 spiro atoms. The van der Waals surface area contributed by atoms with Gasteiger partial charge in [0.05, 0.1) is 10.0 Å². The summed E-state index contributed by atoms with van der Waals surface area (Å²) in [5.74, 6) is -2.66. The van der Waals surface area contributed by atoms with Crippen LogP contribution in [0.25, 0.3) is 0 Å². The average Bonchev–Trinajstić information content (AvgIpc) is 2.75. The molecule has 3 aromatic carbocycles. The molecular formula is C24H20Cl2F2N2O3. The van der Waals surface area contributed by atoms with Gasteiger partial charge in [-0.05, 0) is 60.0 Å².